The third kappa shape index (κ3) is 5.11. The number of aliphatic hydroxyl groups is 2. The van der Waals surface area contributed by atoms with Crippen LogP contribution in [0.1, 0.15) is 23.0 Å². The van der Waals surface area contributed by atoms with Crippen LogP contribution in [0.15, 0.2) is 22.6 Å². The lowest BCUT2D eigenvalue weighted by Crippen LogP contribution is -2.18. The van der Waals surface area contributed by atoms with Gasteiger partial charge in [-0.3, -0.25) is 0 Å². The first kappa shape index (κ1) is 15.2. The molecule has 0 aliphatic carbocycles. The first-order valence-corrected chi connectivity index (χ1v) is 6.29. The zero-order valence-electron chi connectivity index (χ0n) is 9.88. The summed E-state index contributed by atoms with van der Waals surface area (Å²) in [5.41, 5.74) is 8.61. The van der Waals surface area contributed by atoms with Gasteiger partial charge in [-0.2, -0.15) is 0 Å². The highest BCUT2D eigenvalue weighted by Crippen LogP contribution is 2.25. The average Bonchev–Trinajstić information content (AvgIpc) is 2.84. The van der Waals surface area contributed by atoms with E-state index in [1.165, 1.54) is 17.4 Å². The second-order valence-corrected chi connectivity index (χ2v) is 4.65. The van der Waals surface area contributed by atoms with E-state index in [9.17, 15) is 15.0 Å². The SMILES string of the molecule is [N-]=[N+]=NCCC(O)C(O)c1csc(/C=C/C(=O)O)c1. The molecule has 0 saturated carbocycles. The Labute approximate surface area is 113 Å². The molecule has 2 unspecified atom stereocenters. The van der Waals surface area contributed by atoms with Crippen LogP contribution in [-0.2, 0) is 4.79 Å². The molecule has 0 amide bonds. The van der Waals surface area contributed by atoms with Crippen molar-refractivity contribution >= 4 is 23.4 Å². The van der Waals surface area contributed by atoms with Crippen LogP contribution >= 0.6 is 11.3 Å². The lowest BCUT2D eigenvalue weighted by Gasteiger charge is -2.15. The van der Waals surface area contributed by atoms with Crippen molar-refractivity contribution < 1.29 is 20.1 Å². The average molecular weight is 283 g/mol. The van der Waals surface area contributed by atoms with Gasteiger partial charge in [0.05, 0.1) is 6.10 Å². The highest BCUT2D eigenvalue weighted by Gasteiger charge is 2.18. The maximum absolute atomic E-state index is 10.4. The number of rotatable bonds is 7. The summed E-state index contributed by atoms with van der Waals surface area (Å²) in [5, 5.41) is 33.0. The molecule has 0 fully saturated rings. The smallest absolute Gasteiger partial charge is 0.328 e. The number of carbonyl (C=O) groups is 1. The normalized spacial score (nSPS) is 14.0. The number of hydrogen-bond acceptors (Lipinski definition) is 5. The summed E-state index contributed by atoms with van der Waals surface area (Å²) < 4.78 is 0. The Kier molecular flexibility index (Phi) is 6.04. The highest BCUT2D eigenvalue weighted by molar-refractivity contribution is 7.11. The molecule has 8 heteroatoms. The Morgan fingerprint density at radius 2 is 2.32 bits per heavy atom. The fraction of sp³-hybridized carbons (Fsp3) is 0.364. The Bertz CT molecular complexity index is 508. The molecular weight excluding hydrogens is 270 g/mol. The highest BCUT2D eigenvalue weighted by atomic mass is 32.1. The summed E-state index contributed by atoms with van der Waals surface area (Å²) in [6.45, 7) is 0.102. The van der Waals surface area contributed by atoms with Crippen molar-refractivity contribution in [2.45, 2.75) is 18.6 Å². The minimum absolute atomic E-state index is 0.102. The van der Waals surface area contributed by atoms with Gasteiger partial charge in [-0.05, 0) is 35.0 Å². The summed E-state index contributed by atoms with van der Waals surface area (Å²) in [7, 11) is 0. The van der Waals surface area contributed by atoms with Gasteiger partial charge in [0.25, 0.3) is 0 Å². The number of carboxylic acid groups (broad SMARTS) is 1. The molecule has 1 heterocycles. The molecular formula is C11H13N3O4S. The molecule has 0 radical (unpaired) electrons. The molecule has 0 spiro atoms. The topological polar surface area (TPSA) is 127 Å². The number of carboxylic acids is 1. The van der Waals surface area contributed by atoms with E-state index < -0.39 is 18.2 Å². The molecule has 0 aliphatic rings. The lowest BCUT2D eigenvalue weighted by atomic mass is 10.0. The number of aliphatic hydroxyl groups excluding tert-OH is 2. The number of azide groups is 1. The van der Waals surface area contributed by atoms with Crippen molar-refractivity contribution in [3.05, 3.63) is 38.4 Å². The molecule has 2 atom stereocenters. The van der Waals surface area contributed by atoms with E-state index in [1.807, 2.05) is 0 Å². The van der Waals surface area contributed by atoms with Gasteiger partial charge < -0.3 is 15.3 Å². The molecule has 1 aromatic rings. The van der Waals surface area contributed by atoms with Gasteiger partial charge in [-0.15, -0.1) is 11.3 Å². The minimum Gasteiger partial charge on any atom is -0.478 e. The van der Waals surface area contributed by atoms with E-state index in [2.05, 4.69) is 10.0 Å². The van der Waals surface area contributed by atoms with E-state index in [0.29, 0.717) is 10.4 Å². The van der Waals surface area contributed by atoms with Crippen LogP contribution in [0.25, 0.3) is 16.5 Å². The fourth-order valence-corrected chi connectivity index (χ4v) is 2.21. The Morgan fingerprint density at radius 3 is 2.95 bits per heavy atom. The first-order valence-electron chi connectivity index (χ1n) is 5.41. The first-order chi connectivity index (χ1) is 9.04. The minimum atomic E-state index is -1.09. The maximum Gasteiger partial charge on any atom is 0.328 e. The van der Waals surface area contributed by atoms with Crippen LogP contribution in [0.4, 0.5) is 0 Å². The molecule has 0 bridgehead atoms. The van der Waals surface area contributed by atoms with Crippen molar-refractivity contribution in [1.29, 1.82) is 0 Å². The fourth-order valence-electron chi connectivity index (χ4n) is 1.38. The van der Waals surface area contributed by atoms with E-state index >= 15 is 0 Å². The molecule has 0 saturated heterocycles. The van der Waals surface area contributed by atoms with Gasteiger partial charge in [0, 0.05) is 22.4 Å². The van der Waals surface area contributed by atoms with Crippen molar-refractivity contribution in [2.24, 2.45) is 5.11 Å². The van der Waals surface area contributed by atoms with Crippen molar-refractivity contribution in [1.82, 2.24) is 0 Å². The number of aliphatic carboxylic acids is 1. The van der Waals surface area contributed by atoms with Crippen molar-refractivity contribution in [3.63, 3.8) is 0 Å². The molecule has 3 N–H and O–H groups in total. The van der Waals surface area contributed by atoms with Crippen molar-refractivity contribution in [3.8, 4) is 0 Å². The Balaban J connectivity index is 2.64. The Morgan fingerprint density at radius 1 is 1.58 bits per heavy atom. The van der Waals surface area contributed by atoms with Gasteiger partial charge in [-0.1, -0.05) is 5.11 Å². The van der Waals surface area contributed by atoms with Gasteiger partial charge >= 0.3 is 5.97 Å². The molecule has 102 valence electrons. The number of thiophene rings is 1. The molecule has 0 aliphatic heterocycles. The van der Waals surface area contributed by atoms with Gasteiger partial charge in [0.2, 0.25) is 0 Å². The lowest BCUT2D eigenvalue weighted by molar-refractivity contribution is -0.131. The molecule has 7 nitrogen and oxygen atoms in total. The van der Waals surface area contributed by atoms with Gasteiger partial charge in [0.15, 0.2) is 0 Å². The predicted octanol–water partition coefficient (Wildman–Crippen LogP) is 1.94. The second-order valence-electron chi connectivity index (χ2n) is 3.71. The molecule has 0 aromatic carbocycles. The zero-order valence-corrected chi connectivity index (χ0v) is 10.7. The van der Waals surface area contributed by atoms with E-state index in [0.717, 1.165) is 6.08 Å². The van der Waals surface area contributed by atoms with Crippen LogP contribution in [0, 0.1) is 0 Å². The third-order valence-electron chi connectivity index (χ3n) is 2.32. The number of hydrogen-bond donors (Lipinski definition) is 3. The van der Waals surface area contributed by atoms with Crippen LogP contribution in [0.3, 0.4) is 0 Å². The molecule has 1 rings (SSSR count). The summed E-state index contributed by atoms with van der Waals surface area (Å²) in [5.74, 6) is -1.05. The molecule has 1 aromatic heterocycles. The van der Waals surface area contributed by atoms with Gasteiger partial charge in [0.1, 0.15) is 6.10 Å². The third-order valence-corrected chi connectivity index (χ3v) is 3.24. The van der Waals surface area contributed by atoms with Crippen LogP contribution in [0.2, 0.25) is 0 Å². The molecule has 19 heavy (non-hydrogen) atoms. The predicted molar refractivity (Wildman–Crippen MR) is 70.6 cm³/mol. The standard InChI is InChI=1S/C11H13N3O4S/c12-14-13-4-3-9(15)11(18)7-5-8(19-6-7)1-2-10(16)17/h1-2,5-6,9,11,15,18H,3-4H2,(H,16,17)/b2-1+. The summed E-state index contributed by atoms with van der Waals surface area (Å²) >= 11 is 1.26. The van der Waals surface area contributed by atoms with E-state index in [-0.39, 0.29) is 13.0 Å². The van der Waals surface area contributed by atoms with Crippen LogP contribution < -0.4 is 0 Å². The van der Waals surface area contributed by atoms with E-state index in [1.54, 1.807) is 11.4 Å². The van der Waals surface area contributed by atoms with Crippen molar-refractivity contribution in [2.75, 3.05) is 6.54 Å². The largest absolute Gasteiger partial charge is 0.478 e. The van der Waals surface area contributed by atoms with Crippen LogP contribution in [0.5, 0.6) is 0 Å². The van der Waals surface area contributed by atoms with E-state index in [4.69, 9.17) is 10.6 Å². The summed E-state index contributed by atoms with van der Waals surface area (Å²) in [6.07, 6.45) is 0.449. The van der Waals surface area contributed by atoms with Crippen LogP contribution in [-0.4, -0.2) is 33.9 Å². The zero-order chi connectivity index (χ0) is 14.3. The quantitative estimate of drug-likeness (QED) is 0.306. The summed E-state index contributed by atoms with van der Waals surface area (Å²) in [6, 6.07) is 1.60. The maximum atomic E-state index is 10.4. The summed E-state index contributed by atoms with van der Waals surface area (Å²) in [4.78, 5) is 13.6. The second kappa shape index (κ2) is 7.55. The van der Waals surface area contributed by atoms with Gasteiger partial charge in [-0.25, -0.2) is 4.79 Å². The Hall–Kier alpha value is -1.86. The monoisotopic (exact) mass is 283 g/mol. The number of nitrogens with zero attached hydrogens (tertiary/aromatic N) is 3.